The Morgan fingerprint density at radius 2 is 1.88 bits per heavy atom. The van der Waals surface area contributed by atoms with Gasteiger partial charge in [-0.2, -0.15) is 8.78 Å². The Balaban J connectivity index is 1.54. The molecule has 4 aliphatic rings. The quantitative estimate of drug-likeness (QED) is 0.634. The highest BCUT2D eigenvalue weighted by molar-refractivity contribution is 5.86. The summed E-state index contributed by atoms with van der Waals surface area (Å²) < 4.78 is 44.2. The van der Waals surface area contributed by atoms with Gasteiger partial charge >= 0.3 is 17.9 Å². The number of alkyl halides is 2. The summed E-state index contributed by atoms with van der Waals surface area (Å²) in [6, 6.07) is 0. The average Bonchev–Trinajstić information content (AvgIpc) is 3.22. The predicted molar refractivity (Wildman–Crippen MR) is 76.5 cm³/mol. The van der Waals surface area contributed by atoms with Gasteiger partial charge in [-0.15, -0.1) is 0 Å². The maximum absolute atomic E-state index is 14.2. The number of carboxylic acid groups (broad SMARTS) is 1. The largest absolute Gasteiger partial charge is 0.544 e. The number of halogens is 2. The van der Waals surface area contributed by atoms with E-state index in [4.69, 9.17) is 14.2 Å². The zero-order valence-electron chi connectivity index (χ0n) is 13.9. The Kier molecular flexibility index (Phi) is 4.17. The number of rotatable bonds is 5. The molecule has 0 amide bonds. The Bertz CT molecular complexity index is 629. The predicted octanol–water partition coefficient (Wildman–Crippen LogP) is 0.193. The molecule has 1 saturated carbocycles. The van der Waals surface area contributed by atoms with E-state index >= 15 is 0 Å². The highest BCUT2D eigenvalue weighted by Gasteiger charge is 2.66. The van der Waals surface area contributed by atoms with Crippen LogP contribution in [0.25, 0.3) is 0 Å². The molecule has 0 spiro atoms. The Hall–Kier alpha value is -1.77. The first-order valence-corrected chi connectivity index (χ1v) is 8.96. The van der Waals surface area contributed by atoms with Gasteiger partial charge in [0.05, 0.1) is 12.0 Å². The number of esters is 2. The number of carboxylic acids is 1. The summed E-state index contributed by atoms with van der Waals surface area (Å²) in [7, 11) is 0. The lowest BCUT2D eigenvalue weighted by molar-refractivity contribution is -0.338. The monoisotopic (exact) mass is 373 g/mol. The summed E-state index contributed by atoms with van der Waals surface area (Å²) in [6.07, 6.45) is -0.485. The number of hydrogen-bond donors (Lipinski definition) is 0. The summed E-state index contributed by atoms with van der Waals surface area (Å²) in [5, 5.41) is 11.0. The van der Waals surface area contributed by atoms with E-state index < -0.39 is 66.0 Å². The number of carbonyl (C=O) groups excluding carboxylic acids is 3. The first-order chi connectivity index (χ1) is 12.3. The smallest absolute Gasteiger partial charge is 0.323 e. The van der Waals surface area contributed by atoms with Crippen LogP contribution in [0.4, 0.5) is 8.78 Å². The minimum atomic E-state index is -4.30. The highest BCUT2D eigenvalue weighted by atomic mass is 19.3. The summed E-state index contributed by atoms with van der Waals surface area (Å²) in [5.74, 6) is -11.1. The van der Waals surface area contributed by atoms with E-state index in [1.807, 2.05) is 0 Å². The van der Waals surface area contributed by atoms with Crippen LogP contribution in [0.15, 0.2) is 0 Å². The molecule has 0 aromatic carbocycles. The Labute approximate surface area is 148 Å². The number of fused-ring (bicyclic) bond motifs is 1. The molecular formula is C17H19F2O7-. The van der Waals surface area contributed by atoms with Crippen molar-refractivity contribution in [3.05, 3.63) is 0 Å². The van der Waals surface area contributed by atoms with Gasteiger partial charge < -0.3 is 24.1 Å². The number of ether oxygens (including phenoxy) is 3. The van der Waals surface area contributed by atoms with Crippen LogP contribution in [0, 0.1) is 17.8 Å². The molecular weight excluding hydrogens is 354 g/mol. The van der Waals surface area contributed by atoms with Gasteiger partial charge in [0.15, 0.2) is 6.10 Å². The standard InChI is InChI=1S/C17H20F2O7/c18-17(19,16(22)23)13(7-4-2-1-3-5-7)26-14(20)10-8-6-9-12(24-8)11(10)15(21)25-9/h7-13H,1-6H2,(H,22,23)/p-1. The van der Waals surface area contributed by atoms with Crippen molar-refractivity contribution in [1.82, 2.24) is 0 Å². The van der Waals surface area contributed by atoms with Crippen LogP contribution in [-0.2, 0) is 28.6 Å². The first-order valence-electron chi connectivity index (χ1n) is 8.96. The van der Waals surface area contributed by atoms with Crippen molar-refractivity contribution in [2.45, 2.75) is 68.9 Å². The fraction of sp³-hybridized carbons (Fsp3) is 0.824. The minimum absolute atomic E-state index is 0.317. The molecule has 0 aromatic heterocycles. The van der Waals surface area contributed by atoms with E-state index in [1.54, 1.807) is 0 Å². The second-order valence-electron chi connectivity index (χ2n) is 7.57. The van der Waals surface area contributed by atoms with E-state index in [0.717, 1.165) is 6.42 Å². The minimum Gasteiger partial charge on any atom is -0.544 e. The lowest BCUT2D eigenvalue weighted by Crippen LogP contribution is -2.55. The molecule has 144 valence electrons. The third-order valence-corrected chi connectivity index (χ3v) is 6.07. The molecule has 3 heterocycles. The SMILES string of the molecule is O=C(OC(C1CCCCC1)C(F)(F)C(=O)[O-])C1C2CC3OC(=O)C1C3O2. The van der Waals surface area contributed by atoms with E-state index in [1.165, 1.54) is 0 Å². The van der Waals surface area contributed by atoms with Gasteiger partial charge in [-0.05, 0) is 12.8 Å². The molecule has 1 aliphatic carbocycles. The maximum atomic E-state index is 14.2. The van der Waals surface area contributed by atoms with Crippen molar-refractivity contribution in [3.63, 3.8) is 0 Å². The topological polar surface area (TPSA) is 102 Å². The van der Waals surface area contributed by atoms with Crippen LogP contribution in [0.2, 0.25) is 0 Å². The molecule has 0 aromatic rings. The molecule has 9 heteroatoms. The molecule has 26 heavy (non-hydrogen) atoms. The lowest BCUT2D eigenvalue weighted by Gasteiger charge is -2.36. The lowest BCUT2D eigenvalue weighted by atomic mass is 9.79. The molecule has 4 rings (SSSR count). The normalized spacial score (nSPS) is 37.5. The summed E-state index contributed by atoms with van der Waals surface area (Å²) in [4.78, 5) is 35.5. The van der Waals surface area contributed by atoms with Gasteiger partial charge in [0, 0.05) is 12.3 Å². The molecule has 6 unspecified atom stereocenters. The summed E-state index contributed by atoms with van der Waals surface area (Å²) in [5.41, 5.74) is 0. The fourth-order valence-electron chi connectivity index (χ4n) is 4.84. The van der Waals surface area contributed by atoms with Crippen molar-refractivity contribution in [2.24, 2.45) is 17.8 Å². The molecule has 0 N–H and O–H groups in total. The van der Waals surface area contributed by atoms with Gasteiger partial charge in [0.1, 0.15) is 24.1 Å². The summed E-state index contributed by atoms with van der Waals surface area (Å²) in [6.45, 7) is 0. The third-order valence-electron chi connectivity index (χ3n) is 6.07. The zero-order chi connectivity index (χ0) is 18.6. The van der Waals surface area contributed by atoms with Crippen molar-refractivity contribution in [3.8, 4) is 0 Å². The summed E-state index contributed by atoms with van der Waals surface area (Å²) >= 11 is 0. The second kappa shape index (κ2) is 6.14. The number of hydrogen-bond acceptors (Lipinski definition) is 7. The molecule has 0 radical (unpaired) electrons. The molecule has 3 aliphatic heterocycles. The van der Waals surface area contributed by atoms with E-state index in [0.29, 0.717) is 32.1 Å². The first kappa shape index (κ1) is 17.6. The Morgan fingerprint density at radius 1 is 1.19 bits per heavy atom. The van der Waals surface area contributed by atoms with Crippen LogP contribution in [0.3, 0.4) is 0 Å². The van der Waals surface area contributed by atoms with Crippen LogP contribution >= 0.6 is 0 Å². The van der Waals surface area contributed by atoms with Crippen molar-refractivity contribution in [2.75, 3.05) is 0 Å². The zero-order valence-corrected chi connectivity index (χ0v) is 13.9. The molecule has 7 nitrogen and oxygen atoms in total. The maximum Gasteiger partial charge on any atom is 0.323 e. The van der Waals surface area contributed by atoms with Crippen LogP contribution in [-0.4, -0.2) is 48.2 Å². The number of carbonyl (C=O) groups is 3. The van der Waals surface area contributed by atoms with Crippen LogP contribution in [0.1, 0.15) is 38.5 Å². The van der Waals surface area contributed by atoms with Gasteiger partial charge in [-0.3, -0.25) is 9.59 Å². The van der Waals surface area contributed by atoms with E-state index in [-0.39, 0.29) is 0 Å². The van der Waals surface area contributed by atoms with Gasteiger partial charge in [0.25, 0.3) is 0 Å². The fourth-order valence-corrected chi connectivity index (χ4v) is 4.84. The third kappa shape index (κ3) is 2.59. The van der Waals surface area contributed by atoms with Gasteiger partial charge in [-0.1, -0.05) is 19.3 Å². The molecule has 2 bridgehead atoms. The molecule has 6 atom stereocenters. The number of aliphatic carboxylic acids is 1. The van der Waals surface area contributed by atoms with E-state index in [9.17, 15) is 28.3 Å². The van der Waals surface area contributed by atoms with Crippen LogP contribution in [0.5, 0.6) is 0 Å². The van der Waals surface area contributed by atoms with Gasteiger partial charge in [-0.25, -0.2) is 0 Å². The van der Waals surface area contributed by atoms with Gasteiger partial charge in [0.2, 0.25) is 0 Å². The van der Waals surface area contributed by atoms with Crippen molar-refractivity contribution < 1.29 is 42.5 Å². The Morgan fingerprint density at radius 3 is 2.54 bits per heavy atom. The highest BCUT2D eigenvalue weighted by Crippen LogP contribution is 2.50. The van der Waals surface area contributed by atoms with Crippen molar-refractivity contribution >= 4 is 17.9 Å². The molecule has 4 fully saturated rings. The molecule has 3 saturated heterocycles. The van der Waals surface area contributed by atoms with Crippen molar-refractivity contribution in [1.29, 1.82) is 0 Å². The van der Waals surface area contributed by atoms with Crippen LogP contribution < -0.4 is 5.11 Å². The second-order valence-corrected chi connectivity index (χ2v) is 7.57. The van der Waals surface area contributed by atoms with E-state index in [2.05, 4.69) is 0 Å². The average molecular weight is 373 g/mol.